The van der Waals surface area contributed by atoms with Gasteiger partial charge in [-0.15, -0.1) is 0 Å². The summed E-state index contributed by atoms with van der Waals surface area (Å²) in [4.78, 5) is 16.0. The molecule has 0 saturated carbocycles. The Labute approximate surface area is 129 Å². The van der Waals surface area contributed by atoms with Crippen LogP contribution in [0.5, 0.6) is 0 Å². The number of rotatable bonds is 4. The average molecular weight is 294 g/mol. The number of oxazole rings is 1. The van der Waals surface area contributed by atoms with Crippen LogP contribution in [0.25, 0.3) is 22.6 Å². The highest BCUT2D eigenvalue weighted by Crippen LogP contribution is 2.24. The molecule has 4 nitrogen and oxygen atoms in total. The molecule has 1 N–H and O–H groups in total. The van der Waals surface area contributed by atoms with Crippen LogP contribution in [0.15, 0.2) is 52.9 Å². The maximum atomic E-state index is 11.6. The Kier molecular flexibility index (Phi) is 3.92. The standard InChI is InChI=1S/C18H18N2O2/c1-12(2)17(21)19-11-13-7-9-14(10-8-13)18-20-15-5-3-4-6-16(15)22-18/h3-10,12H,11H2,1-2H3,(H,19,21). The highest BCUT2D eigenvalue weighted by atomic mass is 16.3. The minimum Gasteiger partial charge on any atom is -0.436 e. The molecule has 0 fully saturated rings. The second-order valence-electron chi connectivity index (χ2n) is 5.56. The van der Waals surface area contributed by atoms with E-state index in [-0.39, 0.29) is 11.8 Å². The van der Waals surface area contributed by atoms with Crippen molar-refractivity contribution < 1.29 is 9.21 Å². The molecule has 0 atom stereocenters. The van der Waals surface area contributed by atoms with Gasteiger partial charge in [0.25, 0.3) is 0 Å². The zero-order valence-electron chi connectivity index (χ0n) is 12.7. The van der Waals surface area contributed by atoms with Crippen LogP contribution >= 0.6 is 0 Å². The average Bonchev–Trinajstić information content (AvgIpc) is 2.97. The minimum atomic E-state index is -0.000906. The van der Waals surface area contributed by atoms with E-state index in [1.807, 2.05) is 62.4 Å². The van der Waals surface area contributed by atoms with Gasteiger partial charge in [-0.05, 0) is 29.8 Å². The van der Waals surface area contributed by atoms with E-state index in [4.69, 9.17) is 4.42 Å². The quantitative estimate of drug-likeness (QED) is 0.797. The van der Waals surface area contributed by atoms with Gasteiger partial charge in [-0.25, -0.2) is 4.98 Å². The summed E-state index contributed by atoms with van der Waals surface area (Å²) in [5.74, 6) is 0.668. The maximum Gasteiger partial charge on any atom is 0.227 e. The predicted octanol–water partition coefficient (Wildman–Crippen LogP) is 3.77. The van der Waals surface area contributed by atoms with E-state index in [0.29, 0.717) is 12.4 Å². The lowest BCUT2D eigenvalue weighted by atomic mass is 10.1. The van der Waals surface area contributed by atoms with E-state index in [0.717, 1.165) is 22.2 Å². The van der Waals surface area contributed by atoms with Gasteiger partial charge in [0.05, 0.1) is 0 Å². The molecule has 0 aliphatic heterocycles. The number of para-hydroxylation sites is 2. The zero-order valence-corrected chi connectivity index (χ0v) is 12.7. The summed E-state index contributed by atoms with van der Waals surface area (Å²) in [6, 6.07) is 15.6. The van der Waals surface area contributed by atoms with Crippen molar-refractivity contribution in [2.75, 3.05) is 0 Å². The normalized spacial score (nSPS) is 11.0. The van der Waals surface area contributed by atoms with Gasteiger partial charge in [-0.2, -0.15) is 0 Å². The van der Waals surface area contributed by atoms with Crippen molar-refractivity contribution in [3.8, 4) is 11.5 Å². The summed E-state index contributed by atoms with van der Waals surface area (Å²) >= 11 is 0. The molecular weight excluding hydrogens is 276 g/mol. The number of hydrogen-bond donors (Lipinski definition) is 1. The molecular formula is C18H18N2O2. The van der Waals surface area contributed by atoms with Gasteiger partial charge < -0.3 is 9.73 Å². The van der Waals surface area contributed by atoms with Crippen LogP contribution in [0.2, 0.25) is 0 Å². The summed E-state index contributed by atoms with van der Waals surface area (Å²) in [7, 11) is 0. The monoisotopic (exact) mass is 294 g/mol. The first-order chi connectivity index (χ1) is 10.6. The first-order valence-electron chi connectivity index (χ1n) is 7.36. The largest absolute Gasteiger partial charge is 0.436 e. The maximum absolute atomic E-state index is 11.6. The molecule has 1 amide bonds. The van der Waals surface area contributed by atoms with Gasteiger partial charge in [0.1, 0.15) is 5.52 Å². The fraction of sp³-hybridized carbons (Fsp3) is 0.222. The van der Waals surface area contributed by atoms with Gasteiger partial charge in [0, 0.05) is 18.0 Å². The van der Waals surface area contributed by atoms with Crippen molar-refractivity contribution in [1.82, 2.24) is 10.3 Å². The second kappa shape index (κ2) is 6.02. The highest BCUT2D eigenvalue weighted by Gasteiger charge is 2.08. The molecule has 22 heavy (non-hydrogen) atoms. The van der Waals surface area contributed by atoms with Crippen molar-refractivity contribution >= 4 is 17.0 Å². The van der Waals surface area contributed by atoms with E-state index in [1.54, 1.807) is 0 Å². The lowest BCUT2D eigenvalue weighted by Crippen LogP contribution is -2.27. The summed E-state index contributed by atoms with van der Waals surface area (Å²) in [6.45, 7) is 4.29. The fourth-order valence-corrected chi connectivity index (χ4v) is 2.15. The highest BCUT2D eigenvalue weighted by molar-refractivity contribution is 5.78. The van der Waals surface area contributed by atoms with Gasteiger partial charge in [-0.1, -0.05) is 38.1 Å². The molecule has 3 rings (SSSR count). The topological polar surface area (TPSA) is 55.1 Å². The number of hydrogen-bond acceptors (Lipinski definition) is 3. The second-order valence-corrected chi connectivity index (χ2v) is 5.56. The molecule has 0 spiro atoms. The Morgan fingerprint density at radius 1 is 1.14 bits per heavy atom. The van der Waals surface area contributed by atoms with Crippen molar-refractivity contribution in [1.29, 1.82) is 0 Å². The molecule has 0 bridgehead atoms. The number of carbonyl (C=O) groups excluding carboxylic acids is 1. The molecule has 0 radical (unpaired) electrons. The zero-order chi connectivity index (χ0) is 15.5. The number of nitrogens with zero attached hydrogens (tertiary/aromatic N) is 1. The predicted molar refractivity (Wildman–Crippen MR) is 86.1 cm³/mol. The van der Waals surface area contributed by atoms with Gasteiger partial charge in [-0.3, -0.25) is 4.79 Å². The van der Waals surface area contributed by atoms with Crippen molar-refractivity contribution in [3.63, 3.8) is 0 Å². The number of carbonyl (C=O) groups is 1. The summed E-state index contributed by atoms with van der Waals surface area (Å²) in [6.07, 6.45) is 0. The smallest absolute Gasteiger partial charge is 0.227 e. The molecule has 3 aromatic rings. The van der Waals surface area contributed by atoms with Crippen LogP contribution in [0.4, 0.5) is 0 Å². The summed E-state index contributed by atoms with van der Waals surface area (Å²) in [5.41, 5.74) is 3.61. The van der Waals surface area contributed by atoms with Crippen molar-refractivity contribution in [2.24, 2.45) is 5.92 Å². The van der Waals surface area contributed by atoms with E-state index in [2.05, 4.69) is 10.3 Å². The van der Waals surface area contributed by atoms with Crippen molar-refractivity contribution in [2.45, 2.75) is 20.4 Å². The lowest BCUT2D eigenvalue weighted by molar-refractivity contribution is -0.124. The Hall–Kier alpha value is -2.62. The number of nitrogens with one attached hydrogen (secondary N) is 1. The van der Waals surface area contributed by atoms with Gasteiger partial charge in [0.2, 0.25) is 11.8 Å². The van der Waals surface area contributed by atoms with E-state index in [9.17, 15) is 4.79 Å². The third-order valence-corrected chi connectivity index (χ3v) is 3.49. The van der Waals surface area contributed by atoms with Crippen LogP contribution in [0.3, 0.4) is 0 Å². The van der Waals surface area contributed by atoms with Crippen LogP contribution in [-0.2, 0) is 11.3 Å². The third-order valence-electron chi connectivity index (χ3n) is 3.49. The Balaban J connectivity index is 1.75. The van der Waals surface area contributed by atoms with E-state index >= 15 is 0 Å². The molecule has 0 aliphatic rings. The molecule has 1 aromatic heterocycles. The molecule has 0 aliphatic carbocycles. The number of amides is 1. The summed E-state index contributed by atoms with van der Waals surface area (Å²) in [5, 5.41) is 2.90. The molecule has 2 aromatic carbocycles. The lowest BCUT2D eigenvalue weighted by Gasteiger charge is -2.07. The first kappa shape index (κ1) is 14.3. The van der Waals surface area contributed by atoms with Crippen LogP contribution in [0.1, 0.15) is 19.4 Å². The molecule has 4 heteroatoms. The Morgan fingerprint density at radius 2 is 1.86 bits per heavy atom. The fourth-order valence-electron chi connectivity index (χ4n) is 2.15. The summed E-state index contributed by atoms with van der Waals surface area (Å²) < 4.78 is 5.74. The molecule has 1 heterocycles. The molecule has 0 saturated heterocycles. The molecule has 112 valence electrons. The number of aromatic nitrogens is 1. The Morgan fingerprint density at radius 3 is 2.55 bits per heavy atom. The third kappa shape index (κ3) is 3.01. The van der Waals surface area contributed by atoms with E-state index in [1.165, 1.54) is 0 Å². The van der Waals surface area contributed by atoms with Crippen molar-refractivity contribution in [3.05, 3.63) is 54.1 Å². The van der Waals surface area contributed by atoms with E-state index < -0.39 is 0 Å². The minimum absolute atomic E-state index is 0.000906. The van der Waals surface area contributed by atoms with Crippen LogP contribution in [0, 0.1) is 5.92 Å². The molecule has 0 unspecified atom stereocenters. The first-order valence-corrected chi connectivity index (χ1v) is 7.36. The number of fused-ring (bicyclic) bond motifs is 1. The van der Waals surface area contributed by atoms with Gasteiger partial charge >= 0.3 is 0 Å². The SMILES string of the molecule is CC(C)C(=O)NCc1ccc(-c2nc3ccccc3o2)cc1. The van der Waals surface area contributed by atoms with Crippen LogP contribution in [-0.4, -0.2) is 10.9 Å². The Bertz CT molecular complexity index is 755. The van der Waals surface area contributed by atoms with Crippen LogP contribution < -0.4 is 5.32 Å². The number of benzene rings is 2. The van der Waals surface area contributed by atoms with Gasteiger partial charge in [0.15, 0.2) is 5.58 Å².